The predicted molar refractivity (Wildman–Crippen MR) is 99.1 cm³/mol. The second kappa shape index (κ2) is 9.67. The SMILES string of the molecule is COc1ccc(COC(=O)CCC(=O)Oc2c(Cl)cc(Cl)cc2Cl)cc1. The number of ether oxygens (including phenoxy) is 3. The highest BCUT2D eigenvalue weighted by Crippen LogP contribution is 2.36. The third kappa shape index (κ3) is 6.09. The summed E-state index contributed by atoms with van der Waals surface area (Å²) < 4.78 is 15.2. The molecular formula is C18H15Cl3O5. The first-order valence-corrected chi connectivity index (χ1v) is 8.66. The van der Waals surface area contributed by atoms with Crippen molar-refractivity contribution in [1.82, 2.24) is 0 Å². The van der Waals surface area contributed by atoms with Gasteiger partial charge >= 0.3 is 11.9 Å². The zero-order chi connectivity index (χ0) is 19.1. The Morgan fingerprint density at radius 1 is 0.923 bits per heavy atom. The standard InChI is InChI=1S/C18H15Cl3O5/c1-24-13-4-2-11(3-5-13)10-25-16(22)6-7-17(23)26-18-14(20)8-12(19)9-15(18)21/h2-5,8-9H,6-7,10H2,1H3. The van der Waals surface area contributed by atoms with Crippen LogP contribution in [0.5, 0.6) is 11.5 Å². The van der Waals surface area contributed by atoms with Gasteiger partial charge in [-0.25, -0.2) is 0 Å². The van der Waals surface area contributed by atoms with Gasteiger partial charge in [0.05, 0.1) is 30.0 Å². The highest BCUT2D eigenvalue weighted by atomic mass is 35.5. The number of carbonyl (C=O) groups excluding carboxylic acids is 2. The molecule has 0 unspecified atom stereocenters. The molecule has 0 radical (unpaired) electrons. The van der Waals surface area contributed by atoms with Crippen molar-refractivity contribution in [1.29, 1.82) is 0 Å². The topological polar surface area (TPSA) is 61.8 Å². The Labute approximate surface area is 165 Å². The van der Waals surface area contributed by atoms with Gasteiger partial charge in [0.25, 0.3) is 0 Å². The fourth-order valence-corrected chi connectivity index (χ4v) is 2.85. The van der Waals surface area contributed by atoms with Crippen molar-refractivity contribution in [2.24, 2.45) is 0 Å². The maximum atomic E-state index is 11.9. The molecule has 5 nitrogen and oxygen atoms in total. The van der Waals surface area contributed by atoms with Crippen LogP contribution >= 0.6 is 34.8 Å². The summed E-state index contributed by atoms with van der Waals surface area (Å²) in [6.45, 7) is 0.104. The molecule has 2 aromatic rings. The van der Waals surface area contributed by atoms with Crippen molar-refractivity contribution < 1.29 is 23.8 Å². The van der Waals surface area contributed by atoms with Crippen molar-refractivity contribution in [2.45, 2.75) is 19.4 Å². The van der Waals surface area contributed by atoms with E-state index in [0.29, 0.717) is 10.8 Å². The molecule has 0 aliphatic rings. The van der Waals surface area contributed by atoms with E-state index in [0.717, 1.165) is 5.56 Å². The quantitative estimate of drug-likeness (QED) is 0.464. The summed E-state index contributed by atoms with van der Waals surface area (Å²) in [5.41, 5.74) is 0.807. The maximum absolute atomic E-state index is 11.9. The van der Waals surface area contributed by atoms with Gasteiger partial charge < -0.3 is 14.2 Å². The lowest BCUT2D eigenvalue weighted by atomic mass is 10.2. The summed E-state index contributed by atoms with van der Waals surface area (Å²) >= 11 is 17.7. The fourth-order valence-electron chi connectivity index (χ4n) is 1.95. The van der Waals surface area contributed by atoms with Crippen molar-refractivity contribution >= 4 is 46.7 Å². The monoisotopic (exact) mass is 416 g/mol. The Morgan fingerprint density at radius 3 is 2.08 bits per heavy atom. The lowest BCUT2D eigenvalue weighted by Crippen LogP contribution is -2.12. The van der Waals surface area contributed by atoms with Crippen LogP contribution in [-0.2, 0) is 20.9 Å². The first-order valence-electron chi connectivity index (χ1n) is 7.53. The molecule has 0 amide bonds. The second-order valence-electron chi connectivity index (χ2n) is 5.18. The smallest absolute Gasteiger partial charge is 0.311 e. The van der Waals surface area contributed by atoms with Gasteiger partial charge in [0.15, 0.2) is 5.75 Å². The number of methoxy groups -OCH3 is 1. The number of rotatable bonds is 7. The fraction of sp³-hybridized carbons (Fsp3) is 0.222. The van der Waals surface area contributed by atoms with E-state index in [4.69, 9.17) is 49.0 Å². The number of hydrogen-bond acceptors (Lipinski definition) is 5. The van der Waals surface area contributed by atoms with Gasteiger partial charge in [-0.2, -0.15) is 0 Å². The molecule has 0 aliphatic carbocycles. The van der Waals surface area contributed by atoms with E-state index < -0.39 is 11.9 Å². The number of halogens is 3. The normalized spacial score (nSPS) is 10.3. The number of esters is 2. The van der Waals surface area contributed by atoms with E-state index in [-0.39, 0.29) is 35.2 Å². The van der Waals surface area contributed by atoms with Gasteiger partial charge in [-0.1, -0.05) is 46.9 Å². The lowest BCUT2D eigenvalue weighted by Gasteiger charge is -2.09. The molecule has 0 saturated heterocycles. The van der Waals surface area contributed by atoms with E-state index in [1.165, 1.54) is 12.1 Å². The van der Waals surface area contributed by atoms with E-state index in [1.54, 1.807) is 31.4 Å². The van der Waals surface area contributed by atoms with E-state index in [1.807, 2.05) is 0 Å². The van der Waals surface area contributed by atoms with Crippen LogP contribution in [0.2, 0.25) is 15.1 Å². The van der Waals surface area contributed by atoms with Crippen LogP contribution in [-0.4, -0.2) is 19.0 Å². The Hall–Kier alpha value is -1.95. The van der Waals surface area contributed by atoms with Gasteiger partial charge in [-0.3, -0.25) is 9.59 Å². The molecule has 138 valence electrons. The molecule has 2 aromatic carbocycles. The van der Waals surface area contributed by atoms with Gasteiger partial charge in [-0.05, 0) is 29.8 Å². The average Bonchev–Trinajstić information content (AvgIpc) is 2.61. The third-order valence-electron chi connectivity index (χ3n) is 3.27. The number of carbonyl (C=O) groups is 2. The Kier molecular flexibility index (Phi) is 7.57. The highest BCUT2D eigenvalue weighted by molar-refractivity contribution is 6.40. The Bertz CT molecular complexity index is 767. The summed E-state index contributed by atoms with van der Waals surface area (Å²) in [6.07, 6.45) is -0.297. The van der Waals surface area contributed by atoms with Crippen LogP contribution in [0.1, 0.15) is 18.4 Å². The molecule has 0 bridgehead atoms. The van der Waals surface area contributed by atoms with Gasteiger partial charge in [0, 0.05) is 5.02 Å². The average molecular weight is 418 g/mol. The molecule has 0 heterocycles. The van der Waals surface area contributed by atoms with Crippen molar-refractivity contribution in [3.63, 3.8) is 0 Å². The summed E-state index contributed by atoms with van der Waals surface area (Å²) in [7, 11) is 1.57. The molecule has 0 fully saturated rings. The Balaban J connectivity index is 1.78. The maximum Gasteiger partial charge on any atom is 0.311 e. The molecule has 8 heteroatoms. The largest absolute Gasteiger partial charge is 0.497 e. The van der Waals surface area contributed by atoms with Gasteiger partial charge in [-0.15, -0.1) is 0 Å². The Morgan fingerprint density at radius 2 is 1.50 bits per heavy atom. The molecule has 0 atom stereocenters. The van der Waals surface area contributed by atoms with Gasteiger partial charge in [0.1, 0.15) is 12.4 Å². The van der Waals surface area contributed by atoms with Crippen LogP contribution in [0.15, 0.2) is 36.4 Å². The molecule has 26 heavy (non-hydrogen) atoms. The van der Waals surface area contributed by atoms with Gasteiger partial charge in [0.2, 0.25) is 0 Å². The zero-order valence-corrected chi connectivity index (χ0v) is 16.0. The minimum atomic E-state index is -0.655. The van der Waals surface area contributed by atoms with Crippen LogP contribution < -0.4 is 9.47 Å². The molecule has 0 N–H and O–H groups in total. The van der Waals surface area contributed by atoms with E-state index in [2.05, 4.69) is 0 Å². The summed E-state index contributed by atoms with van der Waals surface area (Å²) in [5.74, 6) is -0.458. The van der Waals surface area contributed by atoms with Crippen molar-refractivity contribution in [3.8, 4) is 11.5 Å². The molecule has 0 saturated carbocycles. The minimum Gasteiger partial charge on any atom is -0.497 e. The van der Waals surface area contributed by atoms with E-state index in [9.17, 15) is 9.59 Å². The van der Waals surface area contributed by atoms with Crippen LogP contribution in [0.3, 0.4) is 0 Å². The first-order chi connectivity index (χ1) is 12.4. The summed E-state index contributed by atoms with van der Waals surface area (Å²) in [6, 6.07) is 9.90. The third-order valence-corrected chi connectivity index (χ3v) is 4.05. The van der Waals surface area contributed by atoms with Crippen molar-refractivity contribution in [2.75, 3.05) is 7.11 Å². The number of hydrogen-bond donors (Lipinski definition) is 0. The minimum absolute atomic E-state index is 0.00864. The summed E-state index contributed by atoms with van der Waals surface area (Å²) in [5, 5.41) is 0.540. The molecule has 0 spiro atoms. The van der Waals surface area contributed by atoms with E-state index >= 15 is 0 Å². The summed E-state index contributed by atoms with van der Waals surface area (Å²) in [4.78, 5) is 23.6. The second-order valence-corrected chi connectivity index (χ2v) is 6.43. The predicted octanol–water partition coefficient (Wildman–Crippen LogP) is 5.08. The molecule has 0 aliphatic heterocycles. The molecular weight excluding hydrogens is 403 g/mol. The molecule has 0 aromatic heterocycles. The molecule has 2 rings (SSSR count). The first kappa shape index (κ1) is 20.4. The van der Waals surface area contributed by atoms with Crippen LogP contribution in [0.25, 0.3) is 0 Å². The van der Waals surface area contributed by atoms with Crippen molar-refractivity contribution in [3.05, 3.63) is 57.0 Å². The number of benzene rings is 2. The van der Waals surface area contributed by atoms with Crippen LogP contribution in [0, 0.1) is 0 Å². The highest BCUT2D eigenvalue weighted by Gasteiger charge is 2.15. The lowest BCUT2D eigenvalue weighted by molar-refractivity contribution is -0.148. The zero-order valence-electron chi connectivity index (χ0n) is 13.8. The van der Waals surface area contributed by atoms with Crippen LogP contribution in [0.4, 0.5) is 0 Å².